The molecule has 4 heteroatoms. The number of anilines is 1. The summed E-state index contributed by atoms with van der Waals surface area (Å²) in [5.41, 5.74) is 1.64. The second kappa shape index (κ2) is 5.82. The van der Waals surface area contributed by atoms with Gasteiger partial charge in [0.25, 0.3) is 0 Å². The zero-order chi connectivity index (χ0) is 12.3. The monoisotopic (exact) mass is 405 g/mol. The molecule has 2 rings (SSSR count). The van der Waals surface area contributed by atoms with E-state index >= 15 is 0 Å². The third-order valence-electron chi connectivity index (χ3n) is 2.33. The summed E-state index contributed by atoms with van der Waals surface area (Å²) >= 11 is 5.59. The van der Waals surface area contributed by atoms with Crippen molar-refractivity contribution in [1.29, 1.82) is 0 Å². The van der Waals surface area contributed by atoms with Gasteiger partial charge in [0.1, 0.15) is 5.82 Å². The van der Waals surface area contributed by atoms with Gasteiger partial charge in [-0.15, -0.1) is 0 Å². The molecule has 0 radical (unpaired) electrons. The van der Waals surface area contributed by atoms with Crippen molar-refractivity contribution >= 4 is 44.2 Å². The number of benzene rings is 2. The fraction of sp³-hybridized carbons (Fsp3) is 0.0769. The summed E-state index contributed by atoms with van der Waals surface area (Å²) < 4.78 is 15.5. The molecule has 0 bridgehead atoms. The third kappa shape index (κ3) is 3.67. The van der Waals surface area contributed by atoms with Crippen LogP contribution in [0.4, 0.5) is 10.1 Å². The lowest BCUT2D eigenvalue weighted by atomic mass is 10.2. The van der Waals surface area contributed by atoms with Gasteiger partial charge in [-0.05, 0) is 65.1 Å². The van der Waals surface area contributed by atoms with Gasteiger partial charge in [0, 0.05) is 25.8 Å². The van der Waals surface area contributed by atoms with Crippen molar-refractivity contribution < 1.29 is 4.39 Å². The zero-order valence-electron chi connectivity index (χ0n) is 8.88. The predicted octanol–water partition coefficient (Wildman–Crippen LogP) is 4.80. The van der Waals surface area contributed by atoms with Gasteiger partial charge >= 0.3 is 0 Å². The maximum absolute atomic E-state index is 13.5. The zero-order valence-corrected chi connectivity index (χ0v) is 12.6. The van der Waals surface area contributed by atoms with Crippen molar-refractivity contribution in [3.05, 3.63) is 61.9 Å². The Labute approximate surface area is 122 Å². The Kier molecular flexibility index (Phi) is 4.39. The van der Waals surface area contributed by atoms with E-state index in [1.54, 1.807) is 12.1 Å². The number of halogens is 3. The van der Waals surface area contributed by atoms with E-state index in [0.29, 0.717) is 12.1 Å². The van der Waals surface area contributed by atoms with E-state index in [-0.39, 0.29) is 5.82 Å². The van der Waals surface area contributed by atoms with Crippen LogP contribution in [0.25, 0.3) is 0 Å². The second-order valence-corrected chi connectivity index (χ2v) is 5.76. The van der Waals surface area contributed by atoms with Crippen LogP contribution >= 0.6 is 38.5 Å². The fourth-order valence-corrected chi connectivity index (χ4v) is 2.21. The molecule has 17 heavy (non-hydrogen) atoms. The van der Waals surface area contributed by atoms with Crippen LogP contribution in [0, 0.1) is 9.39 Å². The van der Waals surface area contributed by atoms with Crippen molar-refractivity contribution in [2.45, 2.75) is 6.54 Å². The van der Waals surface area contributed by atoms with Crippen LogP contribution in [-0.2, 0) is 6.54 Å². The maximum Gasteiger partial charge on any atom is 0.128 e. The van der Waals surface area contributed by atoms with Gasteiger partial charge in [0.15, 0.2) is 0 Å². The highest BCUT2D eigenvalue weighted by Crippen LogP contribution is 2.17. The summed E-state index contributed by atoms with van der Waals surface area (Å²) in [6.45, 7) is 0.478. The summed E-state index contributed by atoms with van der Waals surface area (Å²) in [6, 6.07) is 12.9. The Balaban J connectivity index is 2.07. The van der Waals surface area contributed by atoms with E-state index in [2.05, 4.69) is 43.8 Å². The maximum atomic E-state index is 13.5. The van der Waals surface area contributed by atoms with Crippen molar-refractivity contribution in [2.24, 2.45) is 0 Å². The van der Waals surface area contributed by atoms with Crippen molar-refractivity contribution in [1.82, 2.24) is 0 Å². The number of rotatable bonds is 3. The molecule has 1 nitrogen and oxygen atoms in total. The topological polar surface area (TPSA) is 12.0 Å². The largest absolute Gasteiger partial charge is 0.381 e. The van der Waals surface area contributed by atoms with Crippen LogP contribution in [0.1, 0.15) is 5.56 Å². The van der Waals surface area contributed by atoms with Gasteiger partial charge in [0.05, 0.1) is 0 Å². The lowest BCUT2D eigenvalue weighted by molar-refractivity contribution is 0.612. The Morgan fingerprint density at radius 1 is 1.12 bits per heavy atom. The highest BCUT2D eigenvalue weighted by molar-refractivity contribution is 14.1. The molecule has 0 saturated carbocycles. The predicted molar refractivity (Wildman–Crippen MR) is 80.6 cm³/mol. The molecule has 0 spiro atoms. The number of hydrogen-bond acceptors (Lipinski definition) is 1. The first kappa shape index (κ1) is 12.8. The molecular formula is C13H10BrFIN. The minimum Gasteiger partial charge on any atom is -0.381 e. The van der Waals surface area contributed by atoms with Crippen LogP contribution in [0.5, 0.6) is 0 Å². The average molecular weight is 406 g/mol. The quantitative estimate of drug-likeness (QED) is 0.723. The van der Waals surface area contributed by atoms with E-state index < -0.39 is 0 Å². The molecule has 0 aliphatic rings. The molecule has 1 N–H and O–H groups in total. The van der Waals surface area contributed by atoms with Crippen molar-refractivity contribution in [2.75, 3.05) is 5.32 Å². The minimum atomic E-state index is -0.189. The van der Waals surface area contributed by atoms with Crippen LogP contribution in [0.3, 0.4) is 0 Å². The van der Waals surface area contributed by atoms with Gasteiger partial charge in [-0.25, -0.2) is 4.39 Å². The first-order chi connectivity index (χ1) is 8.15. The normalized spacial score (nSPS) is 10.3. The molecule has 0 saturated heterocycles. The van der Waals surface area contributed by atoms with Crippen LogP contribution in [0.15, 0.2) is 46.9 Å². The minimum absolute atomic E-state index is 0.189. The Bertz CT molecular complexity index is 513. The van der Waals surface area contributed by atoms with Crippen molar-refractivity contribution in [3.63, 3.8) is 0 Å². The smallest absolute Gasteiger partial charge is 0.128 e. The number of hydrogen-bond donors (Lipinski definition) is 1. The Morgan fingerprint density at radius 3 is 2.53 bits per heavy atom. The summed E-state index contributed by atoms with van der Waals surface area (Å²) in [4.78, 5) is 0. The first-order valence-corrected chi connectivity index (χ1v) is 6.96. The Hall–Kier alpha value is -0.620. The molecule has 0 amide bonds. The second-order valence-electron chi connectivity index (χ2n) is 3.60. The fourth-order valence-electron chi connectivity index (χ4n) is 1.44. The highest BCUT2D eigenvalue weighted by atomic mass is 127. The van der Waals surface area contributed by atoms with Gasteiger partial charge in [-0.3, -0.25) is 0 Å². The molecular weight excluding hydrogens is 396 g/mol. The summed E-state index contributed by atoms with van der Waals surface area (Å²) in [6.07, 6.45) is 0. The molecule has 0 aromatic heterocycles. The van der Waals surface area contributed by atoms with Crippen LogP contribution < -0.4 is 5.32 Å². The third-order valence-corrected chi connectivity index (χ3v) is 3.55. The molecule has 0 aliphatic heterocycles. The molecule has 2 aromatic rings. The van der Waals surface area contributed by atoms with Crippen molar-refractivity contribution in [3.8, 4) is 0 Å². The van der Waals surface area contributed by atoms with E-state index in [1.807, 2.05) is 24.3 Å². The molecule has 0 aliphatic carbocycles. The molecule has 0 atom stereocenters. The average Bonchev–Trinajstić information content (AvgIpc) is 2.32. The van der Waals surface area contributed by atoms with E-state index in [1.165, 1.54) is 9.64 Å². The molecule has 0 unspecified atom stereocenters. The van der Waals surface area contributed by atoms with Crippen LogP contribution in [0.2, 0.25) is 0 Å². The SMILES string of the molecule is Fc1ccc(Br)cc1CNc1ccc(I)cc1. The van der Waals surface area contributed by atoms with E-state index in [9.17, 15) is 4.39 Å². The first-order valence-electron chi connectivity index (χ1n) is 5.08. The van der Waals surface area contributed by atoms with Gasteiger partial charge < -0.3 is 5.32 Å². The molecule has 0 heterocycles. The lowest BCUT2D eigenvalue weighted by Gasteiger charge is -2.08. The van der Waals surface area contributed by atoms with E-state index in [4.69, 9.17) is 0 Å². The van der Waals surface area contributed by atoms with Gasteiger partial charge in [-0.1, -0.05) is 15.9 Å². The molecule has 0 fully saturated rings. The highest BCUT2D eigenvalue weighted by Gasteiger charge is 2.02. The Morgan fingerprint density at radius 2 is 1.82 bits per heavy atom. The van der Waals surface area contributed by atoms with Crippen LogP contribution in [-0.4, -0.2) is 0 Å². The number of nitrogens with one attached hydrogen (secondary N) is 1. The summed E-state index contributed by atoms with van der Waals surface area (Å²) in [5.74, 6) is -0.189. The lowest BCUT2D eigenvalue weighted by Crippen LogP contribution is -2.01. The van der Waals surface area contributed by atoms with Gasteiger partial charge in [-0.2, -0.15) is 0 Å². The molecule has 2 aromatic carbocycles. The van der Waals surface area contributed by atoms with E-state index in [0.717, 1.165) is 10.2 Å². The molecule has 88 valence electrons. The summed E-state index contributed by atoms with van der Waals surface area (Å²) in [5, 5.41) is 3.19. The standard InChI is InChI=1S/C13H10BrFIN/c14-10-1-6-13(15)9(7-10)8-17-12-4-2-11(16)3-5-12/h1-7,17H,8H2. The van der Waals surface area contributed by atoms with Gasteiger partial charge in [0.2, 0.25) is 0 Å². The summed E-state index contributed by atoms with van der Waals surface area (Å²) in [7, 11) is 0.